The highest BCUT2D eigenvalue weighted by atomic mass is 32.2. The maximum atomic E-state index is 11.3. The van der Waals surface area contributed by atoms with Gasteiger partial charge in [0.15, 0.2) is 0 Å². The molecule has 0 aliphatic carbocycles. The minimum absolute atomic E-state index is 0.0299. The van der Waals surface area contributed by atoms with Crippen LogP contribution in [0.2, 0.25) is 0 Å². The molecule has 112 valence electrons. The molecule has 0 N–H and O–H groups in total. The molecule has 0 saturated carbocycles. The lowest BCUT2D eigenvalue weighted by Crippen LogP contribution is -2.31. The molecule has 0 unspecified atom stereocenters. The van der Waals surface area contributed by atoms with Crippen LogP contribution < -0.4 is 0 Å². The Bertz CT molecular complexity index is 312. The van der Waals surface area contributed by atoms with E-state index in [1.807, 2.05) is 23.5 Å². The van der Waals surface area contributed by atoms with Crippen LogP contribution in [0.1, 0.15) is 68.2 Å². The van der Waals surface area contributed by atoms with Gasteiger partial charge in [-0.3, -0.25) is 9.59 Å². The van der Waals surface area contributed by atoms with Gasteiger partial charge in [-0.25, -0.2) is 0 Å². The Morgan fingerprint density at radius 3 is 1.21 bits per heavy atom. The number of rotatable bonds is 8. The standard InChI is InChI=1S/C15H28O2S2/c1-11(16)9-13(3,4)18-15(7,8)19-14(5,6)10-12(2)17/h9-10H2,1-8H3. The zero-order valence-electron chi connectivity index (χ0n) is 13.5. The van der Waals surface area contributed by atoms with Crippen molar-refractivity contribution in [2.75, 3.05) is 0 Å². The summed E-state index contributed by atoms with van der Waals surface area (Å²) in [4.78, 5) is 22.6. The van der Waals surface area contributed by atoms with E-state index in [0.717, 1.165) is 0 Å². The van der Waals surface area contributed by atoms with Gasteiger partial charge in [-0.1, -0.05) is 27.7 Å². The molecule has 0 fully saturated rings. The fourth-order valence-corrected chi connectivity index (χ4v) is 7.36. The second-order valence-electron chi connectivity index (χ2n) is 6.88. The summed E-state index contributed by atoms with van der Waals surface area (Å²) in [5.41, 5.74) is 0. The fourth-order valence-electron chi connectivity index (χ4n) is 2.62. The Kier molecular flexibility index (Phi) is 6.68. The van der Waals surface area contributed by atoms with E-state index < -0.39 is 0 Å². The van der Waals surface area contributed by atoms with Gasteiger partial charge in [-0.15, -0.1) is 23.5 Å². The number of hydrogen-bond acceptors (Lipinski definition) is 4. The first-order chi connectivity index (χ1) is 8.25. The van der Waals surface area contributed by atoms with Crippen LogP contribution in [0.3, 0.4) is 0 Å². The quantitative estimate of drug-likeness (QED) is 0.608. The van der Waals surface area contributed by atoms with E-state index in [-0.39, 0.29) is 25.1 Å². The molecule has 0 atom stereocenters. The third-order valence-electron chi connectivity index (χ3n) is 2.39. The lowest BCUT2D eigenvalue weighted by molar-refractivity contribution is -0.118. The molecule has 4 heteroatoms. The maximum Gasteiger partial charge on any atom is 0.131 e. The first-order valence-corrected chi connectivity index (χ1v) is 8.27. The molecule has 0 aromatic rings. The van der Waals surface area contributed by atoms with Crippen LogP contribution in [-0.2, 0) is 9.59 Å². The van der Waals surface area contributed by atoms with E-state index in [1.165, 1.54) is 0 Å². The van der Waals surface area contributed by atoms with E-state index in [0.29, 0.717) is 12.8 Å². The van der Waals surface area contributed by atoms with Crippen molar-refractivity contribution in [3.63, 3.8) is 0 Å². The molecule has 0 aromatic heterocycles. The highest BCUT2D eigenvalue weighted by Crippen LogP contribution is 2.50. The van der Waals surface area contributed by atoms with Gasteiger partial charge in [0.1, 0.15) is 11.6 Å². The Hall–Kier alpha value is 0.0400. The summed E-state index contributed by atoms with van der Waals surface area (Å²) in [6, 6.07) is 0. The molecular weight excluding hydrogens is 276 g/mol. The van der Waals surface area contributed by atoms with Crippen LogP contribution in [0.5, 0.6) is 0 Å². The van der Waals surface area contributed by atoms with Gasteiger partial charge >= 0.3 is 0 Å². The Labute approximate surface area is 126 Å². The third kappa shape index (κ3) is 9.55. The Balaban J connectivity index is 4.71. The van der Waals surface area contributed by atoms with Gasteiger partial charge in [0.2, 0.25) is 0 Å². The predicted molar refractivity (Wildman–Crippen MR) is 88.0 cm³/mol. The normalized spacial score (nSPS) is 13.5. The first kappa shape index (κ1) is 19.0. The number of Topliss-reactive ketones (excluding diaryl/α,β-unsaturated/α-hetero) is 2. The maximum absolute atomic E-state index is 11.3. The molecule has 0 spiro atoms. The summed E-state index contributed by atoms with van der Waals surface area (Å²) >= 11 is 3.63. The highest BCUT2D eigenvalue weighted by Gasteiger charge is 2.36. The van der Waals surface area contributed by atoms with Crippen molar-refractivity contribution in [1.82, 2.24) is 0 Å². The predicted octanol–water partition coefficient (Wildman–Crippen LogP) is 4.70. The molecule has 0 aliphatic heterocycles. The van der Waals surface area contributed by atoms with Crippen LogP contribution >= 0.6 is 23.5 Å². The summed E-state index contributed by atoms with van der Waals surface area (Å²) in [6.45, 7) is 16.1. The van der Waals surface area contributed by atoms with Gasteiger partial charge in [-0.05, 0) is 27.7 Å². The van der Waals surface area contributed by atoms with E-state index in [9.17, 15) is 9.59 Å². The fraction of sp³-hybridized carbons (Fsp3) is 0.867. The van der Waals surface area contributed by atoms with Crippen LogP contribution in [-0.4, -0.2) is 25.1 Å². The van der Waals surface area contributed by atoms with Crippen LogP contribution in [0, 0.1) is 0 Å². The summed E-state index contributed by atoms with van der Waals surface area (Å²) in [5.74, 6) is 0.447. The third-order valence-corrected chi connectivity index (χ3v) is 5.27. The van der Waals surface area contributed by atoms with Crippen molar-refractivity contribution in [2.24, 2.45) is 0 Å². The molecule has 19 heavy (non-hydrogen) atoms. The van der Waals surface area contributed by atoms with Crippen LogP contribution in [0.15, 0.2) is 0 Å². The lowest BCUT2D eigenvalue weighted by atomic mass is 10.1. The van der Waals surface area contributed by atoms with Gasteiger partial charge in [0, 0.05) is 22.3 Å². The molecule has 0 saturated heterocycles. The van der Waals surface area contributed by atoms with Gasteiger partial charge in [0.05, 0.1) is 4.08 Å². The number of ketones is 2. The number of hydrogen-bond donors (Lipinski definition) is 0. The summed E-state index contributed by atoms with van der Waals surface area (Å²) in [5, 5.41) is 0. The zero-order valence-corrected chi connectivity index (χ0v) is 15.2. The zero-order chi connectivity index (χ0) is 15.5. The number of carbonyl (C=O) groups excluding carboxylic acids is 2. The molecule has 0 amide bonds. The van der Waals surface area contributed by atoms with Crippen molar-refractivity contribution < 1.29 is 9.59 Å². The SMILES string of the molecule is CC(=O)CC(C)(C)SC(C)(C)SC(C)(C)CC(C)=O. The van der Waals surface area contributed by atoms with Crippen molar-refractivity contribution in [1.29, 1.82) is 0 Å². The molecule has 0 heterocycles. The van der Waals surface area contributed by atoms with E-state index >= 15 is 0 Å². The van der Waals surface area contributed by atoms with Crippen molar-refractivity contribution in [3.05, 3.63) is 0 Å². The summed E-state index contributed by atoms with van der Waals surface area (Å²) < 4.78 is -0.179. The molecule has 0 aromatic carbocycles. The summed E-state index contributed by atoms with van der Waals surface area (Å²) in [7, 11) is 0. The molecule has 2 nitrogen and oxygen atoms in total. The van der Waals surface area contributed by atoms with Crippen molar-refractivity contribution in [3.8, 4) is 0 Å². The van der Waals surface area contributed by atoms with E-state index in [1.54, 1.807) is 13.8 Å². The Morgan fingerprint density at radius 1 is 0.737 bits per heavy atom. The Morgan fingerprint density at radius 2 is 1.00 bits per heavy atom. The summed E-state index contributed by atoms with van der Waals surface area (Å²) in [6.07, 6.45) is 1.16. The second kappa shape index (κ2) is 6.66. The average molecular weight is 305 g/mol. The minimum Gasteiger partial charge on any atom is -0.300 e. The number of carbonyl (C=O) groups is 2. The topological polar surface area (TPSA) is 34.1 Å². The van der Waals surface area contributed by atoms with Gasteiger partial charge in [0.25, 0.3) is 0 Å². The average Bonchev–Trinajstić information content (AvgIpc) is 1.89. The van der Waals surface area contributed by atoms with Crippen molar-refractivity contribution >= 4 is 35.1 Å². The largest absolute Gasteiger partial charge is 0.300 e. The second-order valence-corrected chi connectivity index (χ2v) is 11.8. The first-order valence-electron chi connectivity index (χ1n) is 6.64. The van der Waals surface area contributed by atoms with Crippen molar-refractivity contribution in [2.45, 2.75) is 81.8 Å². The smallest absolute Gasteiger partial charge is 0.131 e. The van der Waals surface area contributed by atoms with E-state index in [2.05, 4.69) is 41.5 Å². The monoisotopic (exact) mass is 304 g/mol. The highest BCUT2D eigenvalue weighted by molar-refractivity contribution is 8.19. The molecule has 0 rings (SSSR count). The van der Waals surface area contributed by atoms with E-state index in [4.69, 9.17) is 0 Å². The van der Waals surface area contributed by atoms with Crippen LogP contribution in [0.25, 0.3) is 0 Å². The lowest BCUT2D eigenvalue weighted by Gasteiger charge is -2.38. The van der Waals surface area contributed by atoms with Gasteiger partial charge in [-0.2, -0.15) is 0 Å². The number of thioether (sulfide) groups is 2. The van der Waals surface area contributed by atoms with Crippen LogP contribution in [0.4, 0.5) is 0 Å². The van der Waals surface area contributed by atoms with Gasteiger partial charge < -0.3 is 0 Å². The molecule has 0 radical (unpaired) electrons. The molecule has 0 aliphatic rings. The minimum atomic E-state index is -0.0748. The molecular formula is C15H28O2S2. The molecule has 0 bridgehead atoms.